The fourth-order valence-electron chi connectivity index (χ4n) is 3.83. The molecule has 1 atom stereocenters. The van der Waals surface area contributed by atoms with Gasteiger partial charge in [0, 0.05) is 25.2 Å². The third-order valence-electron chi connectivity index (χ3n) is 5.50. The summed E-state index contributed by atoms with van der Waals surface area (Å²) in [5.74, 6) is 0.927. The summed E-state index contributed by atoms with van der Waals surface area (Å²) >= 11 is 0. The highest BCUT2D eigenvalue weighted by molar-refractivity contribution is 5.79. The van der Waals surface area contributed by atoms with Crippen LogP contribution in [0, 0.1) is 12.8 Å². The predicted molar refractivity (Wildman–Crippen MR) is 115 cm³/mol. The first-order valence-electron chi connectivity index (χ1n) is 10.2. The van der Waals surface area contributed by atoms with Gasteiger partial charge in [0.15, 0.2) is 5.82 Å². The molecule has 5 heteroatoms. The molecule has 1 saturated heterocycles. The van der Waals surface area contributed by atoms with Crippen molar-refractivity contribution in [2.45, 2.75) is 26.3 Å². The molecule has 3 aromatic rings. The van der Waals surface area contributed by atoms with E-state index in [1.54, 1.807) is 0 Å². The summed E-state index contributed by atoms with van der Waals surface area (Å²) in [6, 6.07) is 22.2. The summed E-state index contributed by atoms with van der Waals surface area (Å²) in [6.07, 6.45) is 1.89. The quantitative estimate of drug-likeness (QED) is 0.720. The molecule has 4 rings (SSSR count). The van der Waals surface area contributed by atoms with Crippen LogP contribution < -0.4 is 10.2 Å². The van der Waals surface area contributed by atoms with E-state index in [1.165, 1.54) is 5.56 Å². The molecule has 0 spiro atoms. The van der Waals surface area contributed by atoms with E-state index in [0.29, 0.717) is 13.1 Å². The van der Waals surface area contributed by atoms with E-state index in [1.807, 2.05) is 54.6 Å². The van der Waals surface area contributed by atoms with Crippen molar-refractivity contribution in [3.63, 3.8) is 0 Å². The molecule has 1 amide bonds. The van der Waals surface area contributed by atoms with E-state index < -0.39 is 0 Å². The van der Waals surface area contributed by atoms with E-state index in [9.17, 15) is 4.79 Å². The Morgan fingerprint density at radius 2 is 1.83 bits per heavy atom. The molecule has 1 aromatic heterocycles. The highest BCUT2D eigenvalue weighted by Gasteiger charge is 2.26. The number of rotatable bonds is 5. The molecule has 0 unspecified atom stereocenters. The first-order valence-corrected chi connectivity index (χ1v) is 10.2. The molecule has 5 nitrogen and oxygen atoms in total. The fraction of sp³-hybridized carbons (Fsp3) is 0.292. The van der Waals surface area contributed by atoms with Crippen LogP contribution in [0.1, 0.15) is 24.0 Å². The summed E-state index contributed by atoms with van der Waals surface area (Å²) in [5, 5.41) is 12.0. The number of aromatic nitrogens is 2. The van der Waals surface area contributed by atoms with Crippen molar-refractivity contribution in [1.82, 2.24) is 15.5 Å². The SMILES string of the molecule is Cc1ccccc1-c1ccc(N2CCC[C@H](C(=O)NCc3ccccc3)C2)nn1. The zero-order chi connectivity index (χ0) is 20.1. The van der Waals surface area contributed by atoms with Crippen molar-refractivity contribution < 1.29 is 4.79 Å². The number of benzene rings is 2. The molecule has 2 heterocycles. The van der Waals surface area contributed by atoms with Crippen molar-refractivity contribution in [3.05, 3.63) is 77.9 Å². The summed E-state index contributed by atoms with van der Waals surface area (Å²) < 4.78 is 0. The maximum Gasteiger partial charge on any atom is 0.225 e. The van der Waals surface area contributed by atoms with Crippen LogP contribution in [0.5, 0.6) is 0 Å². The van der Waals surface area contributed by atoms with Crippen molar-refractivity contribution in [2.75, 3.05) is 18.0 Å². The van der Waals surface area contributed by atoms with Gasteiger partial charge in [-0.1, -0.05) is 54.6 Å². The Bertz CT molecular complexity index is 956. The second-order valence-electron chi connectivity index (χ2n) is 7.58. The Labute approximate surface area is 171 Å². The second kappa shape index (κ2) is 8.86. The van der Waals surface area contributed by atoms with Gasteiger partial charge < -0.3 is 10.2 Å². The molecule has 1 aliphatic rings. The zero-order valence-corrected chi connectivity index (χ0v) is 16.7. The van der Waals surface area contributed by atoms with Crippen LogP contribution in [0.25, 0.3) is 11.3 Å². The number of hydrogen-bond donors (Lipinski definition) is 1. The maximum absolute atomic E-state index is 12.7. The van der Waals surface area contributed by atoms with Crippen LogP contribution in [0.3, 0.4) is 0 Å². The molecular formula is C24H26N4O. The molecule has 148 valence electrons. The summed E-state index contributed by atoms with van der Waals surface area (Å²) in [7, 11) is 0. The highest BCUT2D eigenvalue weighted by atomic mass is 16.1. The minimum Gasteiger partial charge on any atom is -0.354 e. The summed E-state index contributed by atoms with van der Waals surface area (Å²) in [5.41, 5.74) is 4.28. The summed E-state index contributed by atoms with van der Waals surface area (Å²) in [6.45, 7) is 4.23. The highest BCUT2D eigenvalue weighted by Crippen LogP contribution is 2.25. The maximum atomic E-state index is 12.7. The zero-order valence-electron chi connectivity index (χ0n) is 16.7. The van der Waals surface area contributed by atoms with Gasteiger partial charge in [0.05, 0.1) is 11.6 Å². The van der Waals surface area contributed by atoms with E-state index in [0.717, 1.165) is 42.0 Å². The van der Waals surface area contributed by atoms with Gasteiger partial charge in [0.1, 0.15) is 0 Å². The smallest absolute Gasteiger partial charge is 0.225 e. The van der Waals surface area contributed by atoms with Crippen molar-refractivity contribution >= 4 is 11.7 Å². The molecule has 0 saturated carbocycles. The van der Waals surface area contributed by atoms with Gasteiger partial charge >= 0.3 is 0 Å². The number of anilines is 1. The predicted octanol–water partition coefficient (Wildman–Crippen LogP) is 3.98. The number of amides is 1. The van der Waals surface area contributed by atoms with Crippen LogP contribution in [-0.2, 0) is 11.3 Å². The molecule has 29 heavy (non-hydrogen) atoms. The lowest BCUT2D eigenvalue weighted by atomic mass is 9.97. The molecule has 0 aliphatic carbocycles. The number of hydrogen-bond acceptors (Lipinski definition) is 4. The largest absolute Gasteiger partial charge is 0.354 e. The molecule has 0 bridgehead atoms. The first kappa shape index (κ1) is 19.1. The van der Waals surface area contributed by atoms with Gasteiger partial charge in [-0.25, -0.2) is 0 Å². The van der Waals surface area contributed by atoms with E-state index in [2.05, 4.69) is 39.5 Å². The minimum atomic E-state index is -0.0229. The van der Waals surface area contributed by atoms with Crippen LogP contribution >= 0.6 is 0 Å². The van der Waals surface area contributed by atoms with Crippen LogP contribution in [0.15, 0.2) is 66.7 Å². The van der Waals surface area contributed by atoms with E-state index >= 15 is 0 Å². The number of carbonyl (C=O) groups excluding carboxylic acids is 1. The fourth-order valence-corrected chi connectivity index (χ4v) is 3.83. The molecular weight excluding hydrogens is 360 g/mol. The lowest BCUT2D eigenvalue weighted by Crippen LogP contribution is -2.43. The van der Waals surface area contributed by atoms with E-state index in [4.69, 9.17) is 0 Å². The Morgan fingerprint density at radius 1 is 1.03 bits per heavy atom. The lowest BCUT2D eigenvalue weighted by molar-refractivity contribution is -0.125. The molecule has 1 N–H and O–H groups in total. The standard InChI is InChI=1S/C24H26N4O/c1-18-8-5-6-12-21(18)22-13-14-23(27-26-22)28-15-7-11-20(17-28)24(29)25-16-19-9-3-2-4-10-19/h2-6,8-10,12-14,20H,7,11,15-17H2,1H3,(H,25,29)/t20-/m0/s1. The topological polar surface area (TPSA) is 58.1 Å². The molecule has 2 aromatic carbocycles. The number of aryl methyl sites for hydroxylation is 1. The molecule has 1 fully saturated rings. The average molecular weight is 386 g/mol. The van der Waals surface area contributed by atoms with Crippen molar-refractivity contribution in [2.24, 2.45) is 5.92 Å². The number of nitrogens with zero attached hydrogens (tertiary/aromatic N) is 3. The number of carbonyl (C=O) groups is 1. The first-order chi connectivity index (χ1) is 14.2. The average Bonchev–Trinajstić information content (AvgIpc) is 2.79. The Kier molecular flexibility index (Phi) is 5.84. The van der Waals surface area contributed by atoms with Gasteiger partial charge in [-0.05, 0) is 43.0 Å². The number of nitrogens with one attached hydrogen (secondary N) is 1. The monoisotopic (exact) mass is 386 g/mol. The van der Waals surface area contributed by atoms with Gasteiger partial charge in [-0.2, -0.15) is 0 Å². The minimum absolute atomic E-state index is 0.0229. The summed E-state index contributed by atoms with van der Waals surface area (Å²) in [4.78, 5) is 14.8. The van der Waals surface area contributed by atoms with Gasteiger partial charge in [-0.15, -0.1) is 10.2 Å². The third-order valence-corrected chi connectivity index (χ3v) is 5.50. The normalized spacial score (nSPS) is 16.4. The number of piperidine rings is 1. The molecule has 1 aliphatic heterocycles. The Balaban J connectivity index is 1.39. The molecule has 0 radical (unpaired) electrons. The third kappa shape index (κ3) is 4.62. The lowest BCUT2D eigenvalue weighted by Gasteiger charge is -2.32. The van der Waals surface area contributed by atoms with Gasteiger partial charge in [0.2, 0.25) is 5.91 Å². The second-order valence-corrected chi connectivity index (χ2v) is 7.58. The van der Waals surface area contributed by atoms with Crippen LogP contribution in [0.2, 0.25) is 0 Å². The Morgan fingerprint density at radius 3 is 2.59 bits per heavy atom. The van der Waals surface area contributed by atoms with Crippen molar-refractivity contribution in [3.8, 4) is 11.3 Å². The van der Waals surface area contributed by atoms with Gasteiger partial charge in [-0.3, -0.25) is 4.79 Å². The van der Waals surface area contributed by atoms with Crippen LogP contribution in [-0.4, -0.2) is 29.2 Å². The van der Waals surface area contributed by atoms with Crippen molar-refractivity contribution in [1.29, 1.82) is 0 Å². The van der Waals surface area contributed by atoms with E-state index in [-0.39, 0.29) is 11.8 Å². The van der Waals surface area contributed by atoms with Gasteiger partial charge in [0.25, 0.3) is 0 Å². The Hall–Kier alpha value is -3.21. The van der Waals surface area contributed by atoms with Crippen LogP contribution in [0.4, 0.5) is 5.82 Å².